The van der Waals surface area contributed by atoms with Crippen LogP contribution < -0.4 is 20.3 Å². The number of amides is 2. The Hall–Kier alpha value is -3.02. The highest BCUT2D eigenvalue weighted by Crippen LogP contribution is 2.21. The van der Waals surface area contributed by atoms with Gasteiger partial charge in [0.15, 0.2) is 0 Å². The van der Waals surface area contributed by atoms with E-state index in [0.717, 1.165) is 24.5 Å². The topological polar surface area (TPSA) is 70.7 Å². The quantitative estimate of drug-likeness (QED) is 0.753. The first-order valence-electron chi connectivity index (χ1n) is 9.30. The fraction of sp³-hybridized carbons (Fsp3) is 0.333. The van der Waals surface area contributed by atoms with E-state index in [1.54, 1.807) is 0 Å². The molecule has 2 aromatic rings. The first kappa shape index (κ1) is 18.8. The van der Waals surface area contributed by atoms with Crippen LogP contribution in [0.2, 0.25) is 0 Å². The number of benzene rings is 2. The van der Waals surface area contributed by atoms with Crippen LogP contribution in [0, 0.1) is 0 Å². The number of carbonyl (C=O) groups is 2. The van der Waals surface area contributed by atoms with Crippen LogP contribution in [-0.4, -0.2) is 38.1 Å². The van der Waals surface area contributed by atoms with Gasteiger partial charge in [-0.25, -0.2) is 0 Å². The van der Waals surface area contributed by atoms with Crippen molar-refractivity contribution in [3.63, 3.8) is 0 Å². The van der Waals surface area contributed by atoms with E-state index in [1.807, 2.05) is 54.6 Å². The minimum absolute atomic E-state index is 0.0575. The summed E-state index contributed by atoms with van der Waals surface area (Å²) in [5, 5.41) is 5.40. The van der Waals surface area contributed by atoms with Gasteiger partial charge < -0.3 is 20.3 Å². The average molecular weight is 367 g/mol. The van der Waals surface area contributed by atoms with E-state index in [9.17, 15) is 9.59 Å². The van der Waals surface area contributed by atoms with Crippen LogP contribution in [0.4, 0.5) is 11.4 Å². The first-order valence-corrected chi connectivity index (χ1v) is 9.30. The van der Waals surface area contributed by atoms with E-state index in [1.165, 1.54) is 18.5 Å². The third kappa shape index (κ3) is 6.02. The number of rotatable bonds is 8. The Morgan fingerprint density at radius 3 is 2.33 bits per heavy atom. The van der Waals surface area contributed by atoms with Crippen LogP contribution in [0.25, 0.3) is 0 Å². The zero-order chi connectivity index (χ0) is 18.9. The molecule has 0 aliphatic carbocycles. The normalized spacial score (nSPS) is 13.3. The van der Waals surface area contributed by atoms with Crippen LogP contribution in [0.1, 0.15) is 19.3 Å². The number of anilines is 2. The number of para-hydroxylation sites is 1. The Morgan fingerprint density at radius 2 is 1.63 bits per heavy atom. The Morgan fingerprint density at radius 1 is 0.926 bits per heavy atom. The summed E-state index contributed by atoms with van der Waals surface area (Å²) in [4.78, 5) is 26.1. The molecule has 6 heteroatoms. The maximum atomic E-state index is 12.0. The number of nitrogens with one attached hydrogen (secondary N) is 2. The van der Waals surface area contributed by atoms with E-state index >= 15 is 0 Å². The Kier molecular flexibility index (Phi) is 6.68. The third-order valence-electron chi connectivity index (χ3n) is 4.41. The molecular formula is C21H25N3O3. The average Bonchev–Trinajstić information content (AvgIpc) is 3.23. The molecule has 6 nitrogen and oxygen atoms in total. The Bertz CT molecular complexity index is 741. The second kappa shape index (κ2) is 9.62. The van der Waals surface area contributed by atoms with Gasteiger partial charge in [-0.1, -0.05) is 18.2 Å². The lowest BCUT2D eigenvalue weighted by molar-refractivity contribution is -0.124. The molecule has 0 radical (unpaired) electrons. The first-order chi connectivity index (χ1) is 13.2. The summed E-state index contributed by atoms with van der Waals surface area (Å²) in [6.45, 7) is 2.39. The third-order valence-corrected chi connectivity index (χ3v) is 4.41. The molecule has 0 saturated carbocycles. The molecule has 1 saturated heterocycles. The molecule has 142 valence electrons. The fourth-order valence-corrected chi connectivity index (χ4v) is 2.98. The van der Waals surface area contributed by atoms with Crippen molar-refractivity contribution in [3.05, 3.63) is 54.6 Å². The number of ether oxygens (including phenoxy) is 1. The second-order valence-corrected chi connectivity index (χ2v) is 6.48. The van der Waals surface area contributed by atoms with Crippen LogP contribution in [-0.2, 0) is 9.59 Å². The molecule has 0 spiro atoms. The van der Waals surface area contributed by atoms with Crippen molar-refractivity contribution in [2.24, 2.45) is 0 Å². The van der Waals surface area contributed by atoms with Gasteiger partial charge in [-0.15, -0.1) is 0 Å². The maximum Gasteiger partial charge on any atom is 0.243 e. The number of hydrogen-bond acceptors (Lipinski definition) is 4. The zero-order valence-corrected chi connectivity index (χ0v) is 15.3. The van der Waals surface area contributed by atoms with Crippen molar-refractivity contribution in [2.75, 3.05) is 36.5 Å². The largest absolute Gasteiger partial charge is 0.493 e. The summed E-state index contributed by atoms with van der Waals surface area (Å²) < 4.78 is 5.47. The summed E-state index contributed by atoms with van der Waals surface area (Å²) >= 11 is 0. The van der Waals surface area contributed by atoms with Crippen molar-refractivity contribution >= 4 is 23.2 Å². The van der Waals surface area contributed by atoms with Crippen LogP contribution in [0.15, 0.2) is 54.6 Å². The zero-order valence-electron chi connectivity index (χ0n) is 15.3. The summed E-state index contributed by atoms with van der Waals surface area (Å²) in [7, 11) is 0. The van der Waals surface area contributed by atoms with Gasteiger partial charge in [0.25, 0.3) is 0 Å². The highest BCUT2D eigenvalue weighted by atomic mass is 16.5. The fourth-order valence-electron chi connectivity index (χ4n) is 2.98. The van der Waals surface area contributed by atoms with Gasteiger partial charge in [-0.3, -0.25) is 9.59 Å². The number of hydrogen-bond donors (Lipinski definition) is 2. The molecule has 2 amide bonds. The van der Waals surface area contributed by atoms with E-state index in [-0.39, 0.29) is 31.4 Å². The maximum absolute atomic E-state index is 12.0. The summed E-state index contributed by atoms with van der Waals surface area (Å²) in [6.07, 6.45) is 2.66. The lowest BCUT2D eigenvalue weighted by atomic mass is 10.2. The predicted octanol–water partition coefficient (Wildman–Crippen LogP) is 2.81. The summed E-state index contributed by atoms with van der Waals surface area (Å²) in [5.41, 5.74) is 1.90. The SMILES string of the molecule is O=C(CCOc1ccccc1)NCC(=O)Nc1ccc(N2CCCC2)cc1. The smallest absolute Gasteiger partial charge is 0.243 e. The highest BCUT2D eigenvalue weighted by molar-refractivity contribution is 5.94. The number of carbonyl (C=O) groups excluding carboxylic acids is 2. The molecule has 0 atom stereocenters. The molecule has 1 fully saturated rings. The number of nitrogens with zero attached hydrogens (tertiary/aromatic N) is 1. The molecule has 0 aromatic heterocycles. The molecule has 0 unspecified atom stereocenters. The van der Waals surface area contributed by atoms with Crippen molar-refractivity contribution in [1.29, 1.82) is 0 Å². The van der Waals surface area contributed by atoms with E-state index < -0.39 is 0 Å². The lowest BCUT2D eigenvalue weighted by Crippen LogP contribution is -2.33. The van der Waals surface area contributed by atoms with Crippen LogP contribution in [0.3, 0.4) is 0 Å². The molecule has 2 aromatic carbocycles. The van der Waals surface area contributed by atoms with Gasteiger partial charge in [0, 0.05) is 24.5 Å². The Balaban J connectivity index is 1.34. The molecular weight excluding hydrogens is 342 g/mol. The standard InChI is InChI=1S/C21H25N3O3/c25-20(12-15-27-19-6-2-1-3-7-19)22-16-21(26)23-17-8-10-18(11-9-17)24-13-4-5-14-24/h1-3,6-11H,4-5,12-16H2,(H,22,25)(H,23,26). The monoisotopic (exact) mass is 367 g/mol. The van der Waals surface area contributed by atoms with Crippen molar-refractivity contribution in [3.8, 4) is 5.75 Å². The van der Waals surface area contributed by atoms with Crippen molar-refractivity contribution in [1.82, 2.24) is 5.32 Å². The van der Waals surface area contributed by atoms with Gasteiger partial charge in [-0.05, 0) is 49.2 Å². The molecule has 0 bridgehead atoms. The molecule has 1 aliphatic rings. The van der Waals surface area contributed by atoms with Crippen LogP contribution in [0.5, 0.6) is 5.75 Å². The minimum Gasteiger partial charge on any atom is -0.493 e. The predicted molar refractivity (Wildman–Crippen MR) is 106 cm³/mol. The van der Waals surface area contributed by atoms with E-state index in [4.69, 9.17) is 4.74 Å². The van der Waals surface area contributed by atoms with Crippen LogP contribution >= 0.6 is 0 Å². The van der Waals surface area contributed by atoms with Crippen molar-refractivity contribution in [2.45, 2.75) is 19.3 Å². The molecule has 2 N–H and O–H groups in total. The van der Waals surface area contributed by atoms with E-state index in [2.05, 4.69) is 15.5 Å². The van der Waals surface area contributed by atoms with Gasteiger partial charge in [0.2, 0.25) is 11.8 Å². The van der Waals surface area contributed by atoms with Gasteiger partial charge in [-0.2, -0.15) is 0 Å². The van der Waals surface area contributed by atoms with E-state index in [0.29, 0.717) is 0 Å². The van der Waals surface area contributed by atoms with Gasteiger partial charge >= 0.3 is 0 Å². The highest BCUT2D eigenvalue weighted by Gasteiger charge is 2.12. The lowest BCUT2D eigenvalue weighted by Gasteiger charge is -2.17. The van der Waals surface area contributed by atoms with Gasteiger partial charge in [0.1, 0.15) is 5.75 Å². The molecule has 1 heterocycles. The molecule has 3 rings (SSSR count). The summed E-state index contributed by atoms with van der Waals surface area (Å²) in [5.74, 6) is 0.257. The van der Waals surface area contributed by atoms with Crippen molar-refractivity contribution < 1.29 is 14.3 Å². The molecule has 1 aliphatic heterocycles. The molecule has 27 heavy (non-hydrogen) atoms. The van der Waals surface area contributed by atoms with Gasteiger partial charge in [0.05, 0.1) is 19.6 Å². The second-order valence-electron chi connectivity index (χ2n) is 6.48. The summed E-state index contributed by atoms with van der Waals surface area (Å²) in [6, 6.07) is 17.1. The Labute approximate surface area is 159 Å². The minimum atomic E-state index is -0.249.